The van der Waals surface area contributed by atoms with Gasteiger partial charge in [0.15, 0.2) is 0 Å². The van der Waals surface area contributed by atoms with Crippen LogP contribution < -0.4 is 21.3 Å². The van der Waals surface area contributed by atoms with Gasteiger partial charge in [-0.05, 0) is 37.4 Å². The number of carboxylic acids is 1. The van der Waals surface area contributed by atoms with Gasteiger partial charge in [-0.3, -0.25) is 14.4 Å². The molecule has 0 radical (unpaired) electrons. The van der Waals surface area contributed by atoms with Gasteiger partial charge in [0.2, 0.25) is 5.91 Å². The minimum absolute atomic E-state index is 0.0793. The van der Waals surface area contributed by atoms with E-state index < -0.39 is 23.8 Å². The van der Waals surface area contributed by atoms with Crippen molar-refractivity contribution >= 4 is 29.3 Å². The summed E-state index contributed by atoms with van der Waals surface area (Å²) in [7, 11) is 1.48. The molecule has 0 aliphatic carbocycles. The number of carbonyl (C=O) groups is 3. The smallest absolute Gasteiger partial charge is 0.322 e. The van der Waals surface area contributed by atoms with Crippen molar-refractivity contribution in [1.82, 2.24) is 20.9 Å². The molecule has 0 bridgehead atoms. The summed E-state index contributed by atoms with van der Waals surface area (Å²) >= 11 is 0. The minimum Gasteiger partial charge on any atom is -0.480 e. The van der Waals surface area contributed by atoms with E-state index in [1.165, 1.54) is 7.05 Å². The number of likely N-dealkylation sites (N-methyl/N-ethyl adjacent to an activating group) is 1. The van der Waals surface area contributed by atoms with Crippen molar-refractivity contribution in [3.05, 3.63) is 54.2 Å². The molecule has 0 saturated heterocycles. The Hall–Kier alpha value is -3.46. The zero-order valence-electron chi connectivity index (χ0n) is 14.7. The molecule has 0 aliphatic heterocycles. The van der Waals surface area contributed by atoms with Gasteiger partial charge in [-0.25, -0.2) is 4.98 Å². The summed E-state index contributed by atoms with van der Waals surface area (Å²) < 4.78 is 0. The van der Waals surface area contributed by atoms with Crippen LogP contribution in [0.5, 0.6) is 0 Å². The first-order valence-electron chi connectivity index (χ1n) is 8.22. The number of carbonyl (C=O) groups excluding carboxylic acids is 2. The average Bonchev–Trinajstić information content (AvgIpc) is 2.67. The Kier molecular flexibility index (Phi) is 7.26. The van der Waals surface area contributed by atoms with E-state index in [9.17, 15) is 14.4 Å². The Bertz CT molecular complexity index is 797. The van der Waals surface area contributed by atoms with Crippen LogP contribution in [0.2, 0.25) is 0 Å². The molecule has 0 spiro atoms. The molecule has 27 heavy (non-hydrogen) atoms. The average molecular weight is 371 g/mol. The quantitative estimate of drug-likeness (QED) is 0.429. The zero-order valence-corrected chi connectivity index (χ0v) is 14.7. The van der Waals surface area contributed by atoms with Gasteiger partial charge in [0.1, 0.15) is 11.9 Å². The Morgan fingerprint density at radius 3 is 2.59 bits per heavy atom. The van der Waals surface area contributed by atoms with Crippen LogP contribution in [-0.4, -0.2) is 54.1 Å². The summed E-state index contributed by atoms with van der Waals surface area (Å²) in [6, 6.07) is 11.3. The summed E-state index contributed by atoms with van der Waals surface area (Å²) in [6.07, 6.45) is 1.65. The highest BCUT2D eigenvalue weighted by atomic mass is 16.4. The van der Waals surface area contributed by atoms with E-state index in [1.807, 2.05) is 6.07 Å². The zero-order chi connectivity index (χ0) is 19.6. The predicted octanol–water partition coefficient (Wildman–Crippen LogP) is 0.344. The van der Waals surface area contributed by atoms with Gasteiger partial charge in [-0.15, -0.1) is 0 Å². The molecule has 9 nitrogen and oxygen atoms in total. The highest BCUT2D eigenvalue weighted by Crippen LogP contribution is 2.15. The molecule has 1 aromatic carbocycles. The number of aliphatic carboxylic acids is 1. The van der Waals surface area contributed by atoms with Crippen molar-refractivity contribution in [2.24, 2.45) is 0 Å². The minimum atomic E-state index is -1.07. The van der Waals surface area contributed by atoms with Crippen LogP contribution in [0.3, 0.4) is 0 Å². The van der Waals surface area contributed by atoms with Crippen LogP contribution in [0.25, 0.3) is 0 Å². The lowest BCUT2D eigenvalue weighted by Gasteiger charge is -2.12. The number of nitrogens with one attached hydrogen (secondary N) is 4. The molecule has 0 unspecified atom stereocenters. The van der Waals surface area contributed by atoms with Gasteiger partial charge in [0, 0.05) is 24.0 Å². The topological polar surface area (TPSA) is 132 Å². The number of hydrogen-bond acceptors (Lipinski definition) is 6. The maximum atomic E-state index is 12.2. The van der Waals surface area contributed by atoms with E-state index in [0.717, 1.165) is 0 Å². The molecule has 5 N–H and O–H groups in total. The molecule has 1 heterocycles. The Balaban J connectivity index is 1.86. The van der Waals surface area contributed by atoms with E-state index in [1.54, 1.807) is 42.6 Å². The molecule has 2 amide bonds. The van der Waals surface area contributed by atoms with Crippen LogP contribution in [0.1, 0.15) is 10.4 Å². The van der Waals surface area contributed by atoms with Crippen LogP contribution in [0, 0.1) is 0 Å². The SMILES string of the molecule is CN[C@@H](CNC(=O)CNC(=O)c1cccc(Nc2ccccn2)c1)C(=O)O. The number of aromatic nitrogens is 1. The fourth-order valence-electron chi connectivity index (χ4n) is 2.18. The van der Waals surface area contributed by atoms with E-state index in [4.69, 9.17) is 5.11 Å². The number of benzene rings is 1. The third kappa shape index (κ3) is 6.40. The van der Waals surface area contributed by atoms with E-state index >= 15 is 0 Å². The molecule has 0 aliphatic rings. The summed E-state index contributed by atoms with van der Waals surface area (Å²) in [6.45, 7) is -0.337. The standard InChI is InChI=1S/C18H21N5O4/c1-19-14(18(26)27)10-21-16(24)11-22-17(25)12-5-4-6-13(9-12)23-15-7-2-3-8-20-15/h2-9,14,19H,10-11H2,1H3,(H,20,23)(H,21,24)(H,22,25)(H,26,27)/t14-/m0/s1. The molecule has 2 rings (SSSR count). The number of pyridine rings is 1. The van der Waals surface area contributed by atoms with Crippen molar-refractivity contribution in [3.8, 4) is 0 Å². The lowest BCUT2D eigenvalue weighted by molar-refractivity contribution is -0.139. The Labute approximate surface area is 156 Å². The first-order valence-corrected chi connectivity index (χ1v) is 8.22. The van der Waals surface area contributed by atoms with Gasteiger partial charge in [0.05, 0.1) is 6.54 Å². The Morgan fingerprint density at radius 2 is 1.93 bits per heavy atom. The normalized spacial score (nSPS) is 11.3. The molecule has 142 valence electrons. The highest BCUT2D eigenvalue weighted by Gasteiger charge is 2.16. The number of rotatable bonds is 9. The lowest BCUT2D eigenvalue weighted by Crippen LogP contribution is -2.46. The van der Waals surface area contributed by atoms with Crippen molar-refractivity contribution < 1.29 is 19.5 Å². The summed E-state index contributed by atoms with van der Waals surface area (Å²) in [5.74, 6) is -1.32. The number of anilines is 2. The first-order chi connectivity index (χ1) is 13.0. The highest BCUT2D eigenvalue weighted by molar-refractivity contribution is 5.97. The van der Waals surface area contributed by atoms with E-state index in [2.05, 4.69) is 26.3 Å². The van der Waals surface area contributed by atoms with E-state index in [-0.39, 0.29) is 13.1 Å². The molecule has 0 fully saturated rings. The molecule has 9 heteroatoms. The van der Waals surface area contributed by atoms with Crippen molar-refractivity contribution in [2.75, 3.05) is 25.5 Å². The van der Waals surface area contributed by atoms with Gasteiger partial charge in [0.25, 0.3) is 5.91 Å². The van der Waals surface area contributed by atoms with Crippen molar-refractivity contribution in [2.45, 2.75) is 6.04 Å². The second-order valence-corrected chi connectivity index (χ2v) is 5.59. The van der Waals surface area contributed by atoms with Gasteiger partial charge in [-0.1, -0.05) is 12.1 Å². The summed E-state index contributed by atoms with van der Waals surface area (Å²) in [5, 5.41) is 19.5. The molecular formula is C18H21N5O4. The van der Waals surface area contributed by atoms with E-state index in [0.29, 0.717) is 17.1 Å². The van der Waals surface area contributed by atoms with Crippen LogP contribution in [0.15, 0.2) is 48.7 Å². The lowest BCUT2D eigenvalue weighted by atomic mass is 10.2. The Morgan fingerprint density at radius 1 is 1.11 bits per heavy atom. The molecule has 1 atom stereocenters. The van der Waals surface area contributed by atoms with Gasteiger partial charge in [-0.2, -0.15) is 0 Å². The third-order valence-electron chi connectivity index (χ3n) is 3.62. The fraction of sp³-hybridized carbons (Fsp3) is 0.222. The maximum Gasteiger partial charge on any atom is 0.322 e. The molecular weight excluding hydrogens is 350 g/mol. The number of hydrogen-bond donors (Lipinski definition) is 5. The van der Waals surface area contributed by atoms with Crippen molar-refractivity contribution in [1.29, 1.82) is 0 Å². The van der Waals surface area contributed by atoms with Crippen LogP contribution >= 0.6 is 0 Å². The van der Waals surface area contributed by atoms with Crippen LogP contribution in [0.4, 0.5) is 11.5 Å². The number of amides is 2. The monoisotopic (exact) mass is 371 g/mol. The summed E-state index contributed by atoms with van der Waals surface area (Å²) in [5.41, 5.74) is 1.06. The summed E-state index contributed by atoms with van der Waals surface area (Å²) in [4.78, 5) is 39.0. The largest absolute Gasteiger partial charge is 0.480 e. The van der Waals surface area contributed by atoms with Gasteiger partial charge < -0.3 is 26.4 Å². The second kappa shape index (κ2) is 9.88. The number of nitrogens with zero attached hydrogens (tertiary/aromatic N) is 1. The second-order valence-electron chi connectivity index (χ2n) is 5.59. The molecule has 0 saturated carbocycles. The van der Waals surface area contributed by atoms with Crippen LogP contribution in [-0.2, 0) is 9.59 Å². The van der Waals surface area contributed by atoms with Crippen molar-refractivity contribution in [3.63, 3.8) is 0 Å². The number of carboxylic acid groups (broad SMARTS) is 1. The fourth-order valence-corrected chi connectivity index (χ4v) is 2.18. The first kappa shape index (κ1) is 19.9. The maximum absolute atomic E-state index is 12.2. The third-order valence-corrected chi connectivity index (χ3v) is 3.62. The van der Waals surface area contributed by atoms with Gasteiger partial charge >= 0.3 is 5.97 Å². The molecule has 2 aromatic rings. The predicted molar refractivity (Wildman–Crippen MR) is 99.8 cm³/mol. The molecule has 1 aromatic heterocycles.